The Morgan fingerprint density at radius 2 is 2.06 bits per heavy atom. The average molecular weight is 488 g/mol. The minimum absolute atomic E-state index is 0.00100. The zero-order chi connectivity index (χ0) is 24.5. The van der Waals surface area contributed by atoms with Crippen molar-refractivity contribution < 1.29 is 22.8 Å². The summed E-state index contributed by atoms with van der Waals surface area (Å²) in [5, 5.41) is 11.0. The number of benzene rings is 1. The van der Waals surface area contributed by atoms with Gasteiger partial charge in [-0.15, -0.1) is 0 Å². The van der Waals surface area contributed by atoms with E-state index in [2.05, 4.69) is 20.6 Å². The molecule has 3 heterocycles. The van der Waals surface area contributed by atoms with Crippen LogP contribution in [-0.4, -0.2) is 39.5 Å². The molecule has 34 heavy (non-hydrogen) atoms. The number of ether oxygens (including phenoxy) is 1. The van der Waals surface area contributed by atoms with Gasteiger partial charge in [0.15, 0.2) is 11.5 Å². The van der Waals surface area contributed by atoms with Crippen LogP contribution in [-0.2, 0) is 12.5 Å². The van der Waals surface area contributed by atoms with Crippen molar-refractivity contribution in [2.24, 2.45) is 7.05 Å². The zero-order valence-electron chi connectivity index (χ0n) is 18.5. The number of amides is 1. The van der Waals surface area contributed by atoms with Gasteiger partial charge >= 0.3 is 0 Å². The number of hydrogen-bond donors (Lipinski definition) is 1. The molecule has 0 saturated carbocycles. The van der Waals surface area contributed by atoms with Crippen molar-refractivity contribution in [2.45, 2.75) is 12.3 Å². The molecule has 0 aliphatic heterocycles. The van der Waals surface area contributed by atoms with Gasteiger partial charge in [-0.1, -0.05) is 16.8 Å². The van der Waals surface area contributed by atoms with Gasteiger partial charge < -0.3 is 14.6 Å². The zero-order valence-corrected chi connectivity index (χ0v) is 19.2. The lowest BCUT2D eigenvalue weighted by Gasteiger charge is -2.28. The van der Waals surface area contributed by atoms with Gasteiger partial charge in [-0.3, -0.25) is 9.48 Å². The van der Waals surface area contributed by atoms with Crippen molar-refractivity contribution >= 4 is 17.5 Å². The van der Waals surface area contributed by atoms with Crippen LogP contribution in [0.1, 0.15) is 28.7 Å². The van der Waals surface area contributed by atoms with Gasteiger partial charge in [-0.25, -0.2) is 13.8 Å². The molecule has 0 aliphatic rings. The Bertz CT molecular complexity index is 1360. The maximum absolute atomic E-state index is 14.1. The second kappa shape index (κ2) is 9.22. The number of carbonyl (C=O) groups is 1. The number of nitrogens with one attached hydrogen (secondary N) is 1. The largest absolute Gasteiger partial charge is 0.497 e. The molecule has 0 bridgehead atoms. The molecule has 4 aromatic rings. The van der Waals surface area contributed by atoms with E-state index >= 15 is 0 Å². The fourth-order valence-electron chi connectivity index (χ4n) is 3.47. The van der Waals surface area contributed by atoms with Gasteiger partial charge in [0.05, 0.1) is 30.0 Å². The van der Waals surface area contributed by atoms with E-state index in [-0.39, 0.29) is 28.7 Å². The number of hydrogen-bond acceptors (Lipinski definition) is 6. The minimum Gasteiger partial charge on any atom is -0.497 e. The number of aromatic nitrogens is 4. The summed E-state index contributed by atoms with van der Waals surface area (Å²) in [7, 11) is 3.30. The number of carbonyl (C=O) groups excluding carboxylic acids is 1. The maximum atomic E-state index is 14.1. The van der Waals surface area contributed by atoms with Crippen LogP contribution in [0.15, 0.2) is 53.3 Å². The molecule has 8 nitrogen and oxygen atoms in total. The predicted molar refractivity (Wildman–Crippen MR) is 120 cm³/mol. The molecular weight excluding hydrogens is 468 g/mol. The summed E-state index contributed by atoms with van der Waals surface area (Å²) in [6.07, 6.45) is 3.49. The predicted octanol–water partition coefficient (Wildman–Crippen LogP) is 4.15. The third-order valence-electron chi connectivity index (χ3n) is 5.45. The summed E-state index contributed by atoms with van der Waals surface area (Å²) in [4.78, 5) is 17.3. The van der Waals surface area contributed by atoms with Gasteiger partial charge in [-0.2, -0.15) is 5.10 Å². The molecule has 0 fully saturated rings. The Morgan fingerprint density at radius 3 is 2.74 bits per heavy atom. The van der Waals surface area contributed by atoms with Crippen LogP contribution in [0.5, 0.6) is 5.75 Å². The highest BCUT2D eigenvalue weighted by Gasteiger charge is 2.34. The highest BCUT2D eigenvalue weighted by molar-refractivity contribution is 6.29. The lowest BCUT2D eigenvalue weighted by molar-refractivity contribution is 0.0938. The van der Waals surface area contributed by atoms with Crippen molar-refractivity contribution in [2.75, 3.05) is 13.7 Å². The number of nitrogens with zero attached hydrogens (tertiary/aromatic N) is 4. The first-order valence-electron chi connectivity index (χ1n) is 10.1. The molecule has 0 radical (unpaired) electrons. The Hall–Kier alpha value is -3.79. The normalized spacial score (nSPS) is 12.9. The smallest absolute Gasteiger partial charge is 0.273 e. The second-order valence-corrected chi connectivity index (χ2v) is 8.22. The maximum Gasteiger partial charge on any atom is 0.273 e. The molecule has 1 N–H and O–H groups in total. The number of halogens is 3. The fraction of sp³-hybridized carbons (Fsp3) is 0.217. The Balaban J connectivity index is 1.61. The van der Waals surface area contributed by atoms with Crippen LogP contribution in [0.3, 0.4) is 0 Å². The highest BCUT2D eigenvalue weighted by atomic mass is 35.5. The molecular formula is C23H20ClF2N5O3. The van der Waals surface area contributed by atoms with Crippen LogP contribution in [0.25, 0.3) is 11.3 Å². The van der Waals surface area contributed by atoms with Gasteiger partial charge in [0, 0.05) is 49.6 Å². The van der Waals surface area contributed by atoms with E-state index in [1.807, 2.05) is 13.1 Å². The highest BCUT2D eigenvalue weighted by Crippen LogP contribution is 2.33. The topological polar surface area (TPSA) is 95.1 Å². The van der Waals surface area contributed by atoms with Gasteiger partial charge in [0.2, 0.25) is 0 Å². The number of aryl methyl sites for hydroxylation is 1. The first-order chi connectivity index (χ1) is 16.2. The molecule has 11 heteroatoms. The van der Waals surface area contributed by atoms with Crippen LogP contribution >= 0.6 is 11.6 Å². The molecule has 0 saturated heterocycles. The molecule has 1 aromatic carbocycles. The summed E-state index contributed by atoms with van der Waals surface area (Å²) in [6, 6.07) is 7.63. The molecule has 176 valence electrons. The van der Waals surface area contributed by atoms with Gasteiger partial charge in [-0.05, 0) is 19.1 Å². The molecule has 0 unspecified atom stereocenters. The van der Waals surface area contributed by atoms with E-state index in [4.69, 9.17) is 20.9 Å². The van der Waals surface area contributed by atoms with E-state index in [0.29, 0.717) is 11.4 Å². The minimum atomic E-state index is -0.836. The molecule has 0 spiro atoms. The number of methoxy groups -OCH3 is 1. The average Bonchev–Trinajstić information content (AvgIpc) is 3.46. The second-order valence-electron chi connectivity index (χ2n) is 7.83. The Labute approximate surface area is 198 Å². The van der Waals surface area contributed by atoms with Crippen LogP contribution in [0, 0.1) is 11.6 Å². The van der Waals surface area contributed by atoms with Crippen LogP contribution in [0.2, 0.25) is 5.15 Å². The quantitative estimate of drug-likeness (QED) is 0.394. The summed E-state index contributed by atoms with van der Waals surface area (Å²) in [6.45, 7) is 1.98. The van der Waals surface area contributed by atoms with Gasteiger partial charge in [0.25, 0.3) is 5.91 Å². The fourth-order valence-corrected chi connectivity index (χ4v) is 3.67. The lowest BCUT2D eigenvalue weighted by atomic mass is 9.80. The summed E-state index contributed by atoms with van der Waals surface area (Å²) >= 11 is 6.19. The van der Waals surface area contributed by atoms with Crippen LogP contribution in [0.4, 0.5) is 8.78 Å². The lowest BCUT2D eigenvalue weighted by Crippen LogP contribution is -2.40. The monoisotopic (exact) mass is 487 g/mol. The first kappa shape index (κ1) is 23.4. The molecule has 1 atom stereocenters. The molecule has 4 rings (SSSR count). The van der Waals surface area contributed by atoms with Crippen molar-refractivity contribution in [3.05, 3.63) is 82.5 Å². The molecule has 1 amide bonds. The SMILES string of the molecule is COc1cc(Cl)nc([C@@](C)(CNC(=O)c2cc(-c3ccc(F)cc3F)on2)c2cnn(C)c2)c1. The van der Waals surface area contributed by atoms with E-state index in [0.717, 1.165) is 17.7 Å². The molecule has 0 aliphatic carbocycles. The third kappa shape index (κ3) is 4.62. The summed E-state index contributed by atoms with van der Waals surface area (Å²) < 4.78 is 39.3. The Morgan fingerprint density at radius 1 is 1.26 bits per heavy atom. The van der Waals surface area contributed by atoms with Crippen molar-refractivity contribution in [1.29, 1.82) is 0 Å². The van der Waals surface area contributed by atoms with Gasteiger partial charge in [0.1, 0.15) is 22.5 Å². The number of pyridine rings is 1. The van der Waals surface area contributed by atoms with E-state index in [1.54, 1.807) is 30.1 Å². The summed E-state index contributed by atoms with van der Waals surface area (Å²) in [5.74, 6) is -1.59. The van der Waals surface area contributed by atoms with E-state index in [9.17, 15) is 13.6 Å². The van der Waals surface area contributed by atoms with Crippen molar-refractivity contribution in [3.8, 4) is 17.1 Å². The Kier molecular flexibility index (Phi) is 6.34. The summed E-state index contributed by atoms with van der Waals surface area (Å²) in [5.41, 5.74) is 0.422. The van der Waals surface area contributed by atoms with Crippen molar-refractivity contribution in [1.82, 2.24) is 25.2 Å². The first-order valence-corrected chi connectivity index (χ1v) is 10.5. The van der Waals surface area contributed by atoms with Crippen LogP contribution < -0.4 is 10.1 Å². The van der Waals surface area contributed by atoms with Crippen molar-refractivity contribution in [3.63, 3.8) is 0 Å². The van der Waals surface area contributed by atoms with E-state index < -0.39 is 23.0 Å². The third-order valence-corrected chi connectivity index (χ3v) is 5.65. The van der Waals surface area contributed by atoms with E-state index in [1.165, 1.54) is 19.2 Å². The standard InChI is InChI=1S/C23H20ClF2N5O3/c1-23(13-10-28-31(2)11-13,20-7-15(33-3)8-21(24)29-20)12-27-22(32)18-9-19(34-30-18)16-5-4-14(25)6-17(16)26/h4-11H,12H2,1-3H3,(H,27,32)/t23-/m0/s1. The number of rotatable bonds is 7. The molecule has 3 aromatic heterocycles.